The molecule has 0 aliphatic heterocycles. The Morgan fingerprint density at radius 1 is 1.10 bits per heavy atom. The largest absolute Gasteiger partial charge is 0.573 e. The standard InChI is InChI=1S/C20H21F3N2O4/c1-3-15(11-26)24-18(27)14-8-7-12(2)17(10-14)25-19(28)13-5-4-6-16(9-13)29-20(21,22)23/h4-10,15,26H,3,11H2,1-2H3,(H,24,27)(H,25,28). The Labute approximate surface area is 165 Å². The Morgan fingerprint density at radius 2 is 1.79 bits per heavy atom. The van der Waals surface area contributed by atoms with Crippen LogP contribution in [-0.4, -0.2) is 35.9 Å². The number of carbonyl (C=O) groups excluding carboxylic acids is 2. The molecule has 3 N–H and O–H groups in total. The summed E-state index contributed by atoms with van der Waals surface area (Å²) in [5.74, 6) is -1.58. The maximum absolute atomic E-state index is 12.5. The summed E-state index contributed by atoms with van der Waals surface area (Å²) in [6.45, 7) is 3.33. The minimum Gasteiger partial charge on any atom is -0.406 e. The fourth-order valence-electron chi connectivity index (χ4n) is 2.47. The second kappa shape index (κ2) is 9.42. The van der Waals surface area contributed by atoms with E-state index in [-0.39, 0.29) is 17.7 Å². The van der Waals surface area contributed by atoms with Crippen molar-refractivity contribution in [2.45, 2.75) is 32.7 Å². The van der Waals surface area contributed by atoms with Gasteiger partial charge in [-0.1, -0.05) is 19.1 Å². The Morgan fingerprint density at radius 3 is 2.41 bits per heavy atom. The molecule has 0 aliphatic carbocycles. The van der Waals surface area contributed by atoms with Crippen molar-refractivity contribution in [1.82, 2.24) is 5.32 Å². The Kier molecular flexibility index (Phi) is 7.22. The van der Waals surface area contributed by atoms with Crippen molar-refractivity contribution in [3.8, 4) is 5.75 Å². The molecule has 0 saturated carbocycles. The van der Waals surface area contributed by atoms with E-state index in [1.54, 1.807) is 19.1 Å². The number of aliphatic hydroxyl groups is 1. The van der Waals surface area contributed by atoms with Crippen LogP contribution in [0.1, 0.15) is 39.6 Å². The van der Waals surface area contributed by atoms with E-state index in [2.05, 4.69) is 15.4 Å². The average molecular weight is 410 g/mol. The third-order valence-electron chi connectivity index (χ3n) is 4.13. The zero-order valence-corrected chi connectivity index (χ0v) is 15.8. The maximum Gasteiger partial charge on any atom is 0.573 e. The predicted molar refractivity (Wildman–Crippen MR) is 101 cm³/mol. The van der Waals surface area contributed by atoms with Gasteiger partial charge in [-0.05, 0) is 49.2 Å². The summed E-state index contributed by atoms with van der Waals surface area (Å²) < 4.78 is 40.9. The van der Waals surface area contributed by atoms with Gasteiger partial charge in [-0.25, -0.2) is 0 Å². The Bertz CT molecular complexity index is 880. The highest BCUT2D eigenvalue weighted by Gasteiger charge is 2.31. The molecular weight excluding hydrogens is 389 g/mol. The lowest BCUT2D eigenvalue weighted by Gasteiger charge is -2.15. The Hall–Kier alpha value is -3.07. The van der Waals surface area contributed by atoms with E-state index in [0.29, 0.717) is 17.7 Å². The van der Waals surface area contributed by atoms with Crippen molar-refractivity contribution in [2.75, 3.05) is 11.9 Å². The quantitative estimate of drug-likeness (QED) is 0.650. The number of benzene rings is 2. The first-order valence-electron chi connectivity index (χ1n) is 8.82. The van der Waals surface area contributed by atoms with E-state index in [4.69, 9.17) is 0 Å². The second-order valence-corrected chi connectivity index (χ2v) is 6.32. The van der Waals surface area contributed by atoms with Gasteiger partial charge in [-0.2, -0.15) is 0 Å². The predicted octanol–water partition coefficient (Wildman–Crippen LogP) is 3.65. The second-order valence-electron chi connectivity index (χ2n) is 6.32. The van der Waals surface area contributed by atoms with Gasteiger partial charge in [0, 0.05) is 16.8 Å². The van der Waals surface area contributed by atoms with E-state index < -0.39 is 30.0 Å². The number of amides is 2. The van der Waals surface area contributed by atoms with Crippen molar-refractivity contribution < 1.29 is 32.6 Å². The van der Waals surface area contributed by atoms with Crippen LogP contribution in [0.5, 0.6) is 5.75 Å². The van der Waals surface area contributed by atoms with Crippen LogP contribution in [0, 0.1) is 6.92 Å². The number of halogens is 3. The molecule has 0 spiro atoms. The molecule has 1 unspecified atom stereocenters. The fourth-order valence-corrected chi connectivity index (χ4v) is 2.47. The highest BCUT2D eigenvalue weighted by atomic mass is 19.4. The topological polar surface area (TPSA) is 87.7 Å². The number of anilines is 1. The monoisotopic (exact) mass is 410 g/mol. The molecule has 2 amide bonds. The van der Waals surface area contributed by atoms with Gasteiger partial charge in [0.05, 0.1) is 12.6 Å². The summed E-state index contributed by atoms with van der Waals surface area (Å²) in [4.78, 5) is 24.8. The summed E-state index contributed by atoms with van der Waals surface area (Å²) in [5.41, 5.74) is 1.23. The molecule has 0 aliphatic rings. The third kappa shape index (κ3) is 6.49. The highest BCUT2D eigenvalue weighted by Crippen LogP contribution is 2.24. The smallest absolute Gasteiger partial charge is 0.406 e. The van der Waals surface area contributed by atoms with Gasteiger partial charge in [0.15, 0.2) is 0 Å². The van der Waals surface area contributed by atoms with Gasteiger partial charge in [0.2, 0.25) is 0 Å². The molecule has 2 aromatic carbocycles. The lowest BCUT2D eigenvalue weighted by Crippen LogP contribution is -2.36. The molecule has 156 valence electrons. The van der Waals surface area contributed by atoms with Crippen molar-refractivity contribution in [1.29, 1.82) is 0 Å². The molecule has 0 heterocycles. The number of hydrogen-bond acceptors (Lipinski definition) is 4. The van der Waals surface area contributed by atoms with Crippen LogP contribution in [0.25, 0.3) is 0 Å². The fraction of sp³-hybridized carbons (Fsp3) is 0.300. The third-order valence-corrected chi connectivity index (χ3v) is 4.13. The first-order valence-corrected chi connectivity index (χ1v) is 8.82. The molecule has 29 heavy (non-hydrogen) atoms. The number of aliphatic hydroxyl groups excluding tert-OH is 1. The van der Waals surface area contributed by atoms with Crippen molar-refractivity contribution in [3.63, 3.8) is 0 Å². The van der Waals surface area contributed by atoms with Crippen LogP contribution in [0.4, 0.5) is 18.9 Å². The number of ether oxygens (including phenoxy) is 1. The number of aryl methyl sites for hydroxylation is 1. The zero-order valence-electron chi connectivity index (χ0n) is 15.8. The van der Waals surface area contributed by atoms with E-state index in [9.17, 15) is 27.9 Å². The Balaban J connectivity index is 2.18. The number of nitrogens with one attached hydrogen (secondary N) is 2. The summed E-state index contributed by atoms with van der Waals surface area (Å²) in [5, 5.41) is 14.5. The first kappa shape index (κ1) is 22.2. The van der Waals surface area contributed by atoms with Gasteiger partial charge >= 0.3 is 6.36 Å². The molecule has 0 radical (unpaired) electrons. The summed E-state index contributed by atoms with van der Waals surface area (Å²) in [7, 11) is 0. The number of hydrogen-bond donors (Lipinski definition) is 3. The van der Waals surface area contributed by atoms with Crippen LogP contribution in [0.3, 0.4) is 0 Å². The minimum absolute atomic E-state index is 0.0349. The van der Waals surface area contributed by atoms with E-state index in [1.807, 2.05) is 6.92 Å². The van der Waals surface area contributed by atoms with Gasteiger partial charge < -0.3 is 20.5 Å². The molecular formula is C20H21F3N2O4. The number of alkyl halides is 3. The zero-order chi connectivity index (χ0) is 21.6. The summed E-state index contributed by atoms with van der Waals surface area (Å²) in [6.07, 6.45) is -4.31. The average Bonchev–Trinajstić information content (AvgIpc) is 2.66. The van der Waals surface area contributed by atoms with Crippen LogP contribution in [0.2, 0.25) is 0 Å². The molecule has 0 fully saturated rings. The lowest BCUT2D eigenvalue weighted by atomic mass is 10.1. The van der Waals surface area contributed by atoms with Gasteiger partial charge in [-0.3, -0.25) is 9.59 Å². The molecule has 2 rings (SSSR count). The maximum atomic E-state index is 12.5. The molecule has 0 bridgehead atoms. The van der Waals surface area contributed by atoms with Gasteiger partial charge in [0.1, 0.15) is 5.75 Å². The molecule has 0 aromatic heterocycles. The van der Waals surface area contributed by atoms with Gasteiger partial charge in [0.25, 0.3) is 11.8 Å². The molecule has 9 heteroatoms. The minimum atomic E-state index is -4.86. The number of carbonyl (C=O) groups is 2. The van der Waals surface area contributed by atoms with Crippen molar-refractivity contribution in [3.05, 3.63) is 59.2 Å². The van der Waals surface area contributed by atoms with Crippen LogP contribution >= 0.6 is 0 Å². The lowest BCUT2D eigenvalue weighted by molar-refractivity contribution is -0.274. The molecule has 6 nitrogen and oxygen atoms in total. The van der Waals surface area contributed by atoms with E-state index in [1.165, 1.54) is 18.2 Å². The number of rotatable bonds is 7. The van der Waals surface area contributed by atoms with Gasteiger partial charge in [-0.15, -0.1) is 13.2 Å². The van der Waals surface area contributed by atoms with Crippen molar-refractivity contribution in [2.24, 2.45) is 0 Å². The summed E-state index contributed by atoms with van der Waals surface area (Å²) in [6, 6.07) is 8.95. The normalized spacial score (nSPS) is 12.2. The van der Waals surface area contributed by atoms with Crippen LogP contribution in [0.15, 0.2) is 42.5 Å². The molecule has 2 aromatic rings. The SMILES string of the molecule is CCC(CO)NC(=O)c1ccc(C)c(NC(=O)c2cccc(OC(F)(F)F)c2)c1. The highest BCUT2D eigenvalue weighted by molar-refractivity contribution is 6.05. The van der Waals surface area contributed by atoms with Crippen molar-refractivity contribution >= 4 is 17.5 Å². The van der Waals surface area contributed by atoms with E-state index in [0.717, 1.165) is 12.1 Å². The molecule has 1 atom stereocenters. The van der Waals surface area contributed by atoms with Crippen LogP contribution < -0.4 is 15.4 Å². The summed E-state index contributed by atoms with van der Waals surface area (Å²) >= 11 is 0. The first-order chi connectivity index (χ1) is 13.6. The molecule has 0 saturated heterocycles. The van der Waals surface area contributed by atoms with E-state index >= 15 is 0 Å². The van der Waals surface area contributed by atoms with Crippen LogP contribution in [-0.2, 0) is 0 Å².